The standard InChI is InChI=1S/C16H17N3O2/c20-16(21)14-8-4-5-10-18(14)12-15-17-9-11-19(15)13-6-2-1-3-7-13/h1-7,9,11,14H,8,10,12H2,(H,20,21). The van der Waals surface area contributed by atoms with Crippen molar-refractivity contribution < 1.29 is 9.90 Å². The zero-order valence-corrected chi connectivity index (χ0v) is 11.6. The van der Waals surface area contributed by atoms with Crippen molar-refractivity contribution in [3.8, 4) is 5.69 Å². The third-order valence-corrected chi connectivity index (χ3v) is 3.69. The van der Waals surface area contributed by atoms with Gasteiger partial charge in [0.2, 0.25) is 0 Å². The van der Waals surface area contributed by atoms with Gasteiger partial charge in [-0.25, -0.2) is 4.98 Å². The van der Waals surface area contributed by atoms with Crippen molar-refractivity contribution in [3.63, 3.8) is 0 Å². The van der Waals surface area contributed by atoms with E-state index in [4.69, 9.17) is 0 Å². The highest BCUT2D eigenvalue weighted by molar-refractivity contribution is 5.74. The van der Waals surface area contributed by atoms with Gasteiger partial charge in [0, 0.05) is 24.6 Å². The molecule has 1 aromatic carbocycles. The van der Waals surface area contributed by atoms with E-state index in [1.54, 1.807) is 6.20 Å². The maximum absolute atomic E-state index is 11.3. The van der Waals surface area contributed by atoms with Crippen LogP contribution in [-0.2, 0) is 11.3 Å². The van der Waals surface area contributed by atoms with Crippen molar-refractivity contribution >= 4 is 5.97 Å². The molecule has 1 aliphatic heterocycles. The predicted molar refractivity (Wildman–Crippen MR) is 79.2 cm³/mol. The summed E-state index contributed by atoms with van der Waals surface area (Å²) in [5.74, 6) is 0.0694. The third-order valence-electron chi connectivity index (χ3n) is 3.69. The lowest BCUT2D eigenvalue weighted by Crippen LogP contribution is -2.42. The molecule has 0 fully saturated rings. The van der Waals surface area contributed by atoms with Crippen LogP contribution in [0.2, 0.25) is 0 Å². The number of carboxylic acids is 1. The highest BCUT2D eigenvalue weighted by Crippen LogP contribution is 2.17. The Hall–Kier alpha value is -2.40. The van der Waals surface area contributed by atoms with Crippen LogP contribution >= 0.6 is 0 Å². The van der Waals surface area contributed by atoms with E-state index in [9.17, 15) is 9.90 Å². The maximum Gasteiger partial charge on any atom is 0.321 e. The zero-order chi connectivity index (χ0) is 14.7. The molecule has 1 atom stereocenters. The molecule has 1 aliphatic rings. The lowest BCUT2D eigenvalue weighted by atomic mass is 10.1. The van der Waals surface area contributed by atoms with Gasteiger partial charge in [0.25, 0.3) is 0 Å². The second-order valence-electron chi connectivity index (χ2n) is 5.04. The van der Waals surface area contributed by atoms with Crippen LogP contribution in [0.5, 0.6) is 0 Å². The van der Waals surface area contributed by atoms with Crippen molar-refractivity contribution in [1.29, 1.82) is 0 Å². The molecule has 21 heavy (non-hydrogen) atoms. The second-order valence-corrected chi connectivity index (χ2v) is 5.04. The molecule has 1 aromatic heterocycles. The van der Waals surface area contributed by atoms with E-state index in [0.717, 1.165) is 11.5 Å². The van der Waals surface area contributed by atoms with Crippen LogP contribution in [0.3, 0.4) is 0 Å². The first kappa shape index (κ1) is 13.6. The quantitative estimate of drug-likeness (QED) is 0.873. The number of imidazole rings is 1. The van der Waals surface area contributed by atoms with Gasteiger partial charge in [-0.05, 0) is 18.6 Å². The Bertz CT molecular complexity index is 649. The van der Waals surface area contributed by atoms with Crippen LogP contribution < -0.4 is 0 Å². The topological polar surface area (TPSA) is 58.4 Å². The highest BCUT2D eigenvalue weighted by Gasteiger charge is 2.27. The molecule has 0 aliphatic carbocycles. The number of rotatable bonds is 4. The second kappa shape index (κ2) is 5.93. The molecule has 0 radical (unpaired) electrons. The minimum atomic E-state index is -0.780. The Balaban J connectivity index is 1.84. The number of benzene rings is 1. The minimum absolute atomic E-state index is 0.476. The summed E-state index contributed by atoms with van der Waals surface area (Å²) >= 11 is 0. The lowest BCUT2D eigenvalue weighted by Gasteiger charge is -2.29. The SMILES string of the molecule is O=C(O)C1CC=CCN1Cc1nccn1-c1ccccc1. The van der Waals surface area contributed by atoms with Crippen molar-refractivity contribution in [2.75, 3.05) is 6.54 Å². The summed E-state index contributed by atoms with van der Waals surface area (Å²) in [5.41, 5.74) is 1.03. The molecule has 0 amide bonds. The first-order valence-corrected chi connectivity index (χ1v) is 6.95. The lowest BCUT2D eigenvalue weighted by molar-refractivity contribution is -0.143. The van der Waals surface area contributed by atoms with Crippen LogP contribution in [0.15, 0.2) is 54.9 Å². The third kappa shape index (κ3) is 2.87. The van der Waals surface area contributed by atoms with Gasteiger partial charge >= 0.3 is 5.97 Å². The first-order valence-electron chi connectivity index (χ1n) is 6.95. The van der Waals surface area contributed by atoms with Gasteiger partial charge in [-0.2, -0.15) is 0 Å². The fourth-order valence-electron chi connectivity index (χ4n) is 2.60. The fourth-order valence-corrected chi connectivity index (χ4v) is 2.60. The van der Waals surface area contributed by atoms with Crippen LogP contribution in [0.25, 0.3) is 5.69 Å². The molecule has 2 aromatic rings. The molecule has 0 saturated heterocycles. The average Bonchev–Trinajstić information content (AvgIpc) is 2.96. The summed E-state index contributed by atoms with van der Waals surface area (Å²) in [7, 11) is 0. The number of para-hydroxylation sites is 1. The van der Waals surface area contributed by atoms with Crippen LogP contribution in [0.4, 0.5) is 0 Å². The number of carbonyl (C=O) groups is 1. The Kier molecular flexibility index (Phi) is 3.83. The average molecular weight is 283 g/mol. The Morgan fingerprint density at radius 1 is 1.29 bits per heavy atom. The molecule has 0 bridgehead atoms. The van der Waals surface area contributed by atoms with Crippen molar-refractivity contribution in [1.82, 2.24) is 14.5 Å². The van der Waals surface area contributed by atoms with Gasteiger partial charge in [-0.15, -0.1) is 0 Å². The number of aromatic nitrogens is 2. The van der Waals surface area contributed by atoms with Gasteiger partial charge < -0.3 is 9.67 Å². The molecule has 2 heterocycles. The Morgan fingerprint density at radius 3 is 2.86 bits per heavy atom. The van der Waals surface area contributed by atoms with Gasteiger partial charge in [0.1, 0.15) is 11.9 Å². The van der Waals surface area contributed by atoms with E-state index < -0.39 is 12.0 Å². The van der Waals surface area contributed by atoms with Crippen LogP contribution in [0.1, 0.15) is 12.2 Å². The molecule has 0 saturated carbocycles. The summed E-state index contributed by atoms with van der Waals surface area (Å²) in [6, 6.07) is 9.46. The van der Waals surface area contributed by atoms with Gasteiger partial charge in [0.15, 0.2) is 0 Å². The van der Waals surface area contributed by atoms with Gasteiger partial charge in [-0.1, -0.05) is 30.4 Å². The number of nitrogens with zero attached hydrogens (tertiary/aromatic N) is 3. The number of hydrogen-bond donors (Lipinski definition) is 1. The minimum Gasteiger partial charge on any atom is -0.480 e. The normalized spacial score (nSPS) is 18.8. The Labute approximate surface area is 123 Å². The van der Waals surface area contributed by atoms with Crippen LogP contribution in [0, 0.1) is 0 Å². The first-order chi connectivity index (χ1) is 10.3. The molecule has 1 unspecified atom stereocenters. The summed E-state index contributed by atoms with van der Waals surface area (Å²) in [4.78, 5) is 17.7. The Morgan fingerprint density at radius 2 is 2.10 bits per heavy atom. The molecule has 0 spiro atoms. The van der Waals surface area contributed by atoms with E-state index >= 15 is 0 Å². The zero-order valence-electron chi connectivity index (χ0n) is 11.6. The molecule has 108 valence electrons. The van der Waals surface area contributed by atoms with Crippen molar-refractivity contribution in [2.24, 2.45) is 0 Å². The summed E-state index contributed by atoms with van der Waals surface area (Å²) in [5, 5.41) is 9.32. The molecule has 5 heteroatoms. The van der Waals surface area contributed by atoms with Crippen molar-refractivity contribution in [2.45, 2.75) is 19.0 Å². The van der Waals surface area contributed by atoms with E-state index in [1.165, 1.54) is 0 Å². The van der Waals surface area contributed by atoms with Gasteiger partial charge in [-0.3, -0.25) is 9.69 Å². The molecular weight excluding hydrogens is 266 g/mol. The monoisotopic (exact) mass is 283 g/mol. The number of aliphatic carboxylic acids is 1. The smallest absolute Gasteiger partial charge is 0.321 e. The van der Waals surface area contributed by atoms with E-state index in [-0.39, 0.29) is 0 Å². The van der Waals surface area contributed by atoms with Gasteiger partial charge in [0.05, 0.1) is 6.54 Å². The summed E-state index contributed by atoms with van der Waals surface area (Å²) in [6.07, 6.45) is 8.13. The number of carboxylic acid groups (broad SMARTS) is 1. The fraction of sp³-hybridized carbons (Fsp3) is 0.250. The summed E-state index contributed by atoms with van der Waals surface area (Å²) in [6.45, 7) is 1.15. The van der Waals surface area contributed by atoms with E-state index in [1.807, 2.05) is 58.1 Å². The molecule has 1 N–H and O–H groups in total. The molecule has 3 rings (SSSR count). The highest BCUT2D eigenvalue weighted by atomic mass is 16.4. The summed E-state index contributed by atoms with van der Waals surface area (Å²) < 4.78 is 2.00. The van der Waals surface area contributed by atoms with E-state index in [2.05, 4.69) is 4.98 Å². The predicted octanol–water partition coefficient (Wildman–Crippen LogP) is 2.09. The van der Waals surface area contributed by atoms with E-state index in [0.29, 0.717) is 19.5 Å². The van der Waals surface area contributed by atoms with Crippen molar-refractivity contribution in [3.05, 3.63) is 60.7 Å². The maximum atomic E-state index is 11.3. The molecular formula is C16H17N3O2. The largest absolute Gasteiger partial charge is 0.480 e. The van der Waals surface area contributed by atoms with Crippen LogP contribution in [-0.4, -0.2) is 38.1 Å². The molecule has 5 nitrogen and oxygen atoms in total. The number of hydrogen-bond acceptors (Lipinski definition) is 3.